The molecule has 0 unspecified atom stereocenters. The summed E-state index contributed by atoms with van der Waals surface area (Å²) in [5.41, 5.74) is 0. The minimum Gasteiger partial charge on any atom is -0.342 e. The molecule has 1 aromatic rings. The maximum absolute atomic E-state index is 12.2. The van der Waals surface area contributed by atoms with E-state index in [1.54, 1.807) is 22.4 Å². The SMILES string of the molecule is CN(CC(=O)N1CCCCCC1)S(=O)(=O)c1cccs1. The Morgan fingerprint density at radius 3 is 2.50 bits per heavy atom. The van der Waals surface area contributed by atoms with Gasteiger partial charge in [-0.3, -0.25) is 4.79 Å². The first kappa shape index (κ1) is 15.5. The molecule has 1 aromatic heterocycles. The standard InChI is InChI=1S/C13H20N2O3S2/c1-14(20(17,18)13-7-6-10-19-13)11-12(16)15-8-4-2-3-5-9-15/h6-7,10H,2-5,8-9,11H2,1H3. The van der Waals surface area contributed by atoms with Gasteiger partial charge in [0.25, 0.3) is 10.0 Å². The van der Waals surface area contributed by atoms with E-state index in [0.29, 0.717) is 0 Å². The highest BCUT2D eigenvalue weighted by molar-refractivity contribution is 7.91. The van der Waals surface area contributed by atoms with Crippen LogP contribution in [0.15, 0.2) is 21.7 Å². The minimum absolute atomic E-state index is 0.0831. The van der Waals surface area contributed by atoms with Gasteiger partial charge in [-0.2, -0.15) is 4.31 Å². The maximum Gasteiger partial charge on any atom is 0.252 e. The van der Waals surface area contributed by atoms with Crippen molar-refractivity contribution in [2.24, 2.45) is 0 Å². The zero-order valence-electron chi connectivity index (χ0n) is 11.6. The second-order valence-electron chi connectivity index (χ2n) is 4.99. The molecule has 0 aromatic carbocycles. The summed E-state index contributed by atoms with van der Waals surface area (Å²) >= 11 is 1.17. The third kappa shape index (κ3) is 3.59. The molecule has 1 amide bonds. The lowest BCUT2D eigenvalue weighted by Crippen LogP contribution is -2.41. The minimum atomic E-state index is -3.53. The molecule has 0 bridgehead atoms. The first-order chi connectivity index (χ1) is 9.51. The van der Waals surface area contributed by atoms with Crippen molar-refractivity contribution < 1.29 is 13.2 Å². The van der Waals surface area contributed by atoms with E-state index in [1.807, 2.05) is 0 Å². The number of hydrogen-bond donors (Lipinski definition) is 0. The van der Waals surface area contributed by atoms with Crippen molar-refractivity contribution in [2.75, 3.05) is 26.7 Å². The zero-order valence-corrected chi connectivity index (χ0v) is 13.3. The van der Waals surface area contributed by atoms with Crippen LogP contribution in [0.1, 0.15) is 25.7 Å². The number of hydrogen-bond acceptors (Lipinski definition) is 4. The average molecular weight is 316 g/mol. The molecule has 112 valence electrons. The number of thiophene rings is 1. The molecule has 0 saturated carbocycles. The van der Waals surface area contributed by atoms with Crippen molar-refractivity contribution in [3.8, 4) is 0 Å². The van der Waals surface area contributed by atoms with Crippen molar-refractivity contribution in [1.29, 1.82) is 0 Å². The van der Waals surface area contributed by atoms with E-state index in [0.717, 1.165) is 43.1 Å². The predicted molar refractivity (Wildman–Crippen MR) is 79.2 cm³/mol. The van der Waals surface area contributed by atoms with Gasteiger partial charge in [0, 0.05) is 20.1 Å². The van der Waals surface area contributed by atoms with Gasteiger partial charge in [-0.15, -0.1) is 11.3 Å². The third-order valence-corrected chi connectivity index (χ3v) is 6.65. The van der Waals surface area contributed by atoms with Crippen LogP contribution >= 0.6 is 11.3 Å². The Hall–Kier alpha value is -0.920. The van der Waals surface area contributed by atoms with E-state index < -0.39 is 10.0 Å². The van der Waals surface area contributed by atoms with Crippen LogP contribution in [0.5, 0.6) is 0 Å². The molecule has 0 N–H and O–H groups in total. The van der Waals surface area contributed by atoms with Crippen LogP contribution in [0.3, 0.4) is 0 Å². The molecule has 1 saturated heterocycles. The molecular weight excluding hydrogens is 296 g/mol. The Labute approximate surface area is 124 Å². The highest BCUT2D eigenvalue weighted by Crippen LogP contribution is 2.20. The van der Waals surface area contributed by atoms with E-state index >= 15 is 0 Å². The normalized spacial score (nSPS) is 17.2. The molecule has 0 radical (unpaired) electrons. The molecular formula is C13H20N2O3S2. The summed E-state index contributed by atoms with van der Waals surface area (Å²) in [6.45, 7) is 1.40. The van der Waals surface area contributed by atoms with Gasteiger partial charge in [0.15, 0.2) is 0 Å². The van der Waals surface area contributed by atoms with Crippen LogP contribution in [-0.4, -0.2) is 50.2 Å². The van der Waals surface area contributed by atoms with E-state index in [2.05, 4.69) is 0 Å². The fourth-order valence-electron chi connectivity index (χ4n) is 2.26. The topological polar surface area (TPSA) is 57.7 Å². The van der Waals surface area contributed by atoms with Crippen molar-refractivity contribution >= 4 is 27.3 Å². The molecule has 1 aliphatic heterocycles. The van der Waals surface area contributed by atoms with Crippen LogP contribution in [-0.2, 0) is 14.8 Å². The van der Waals surface area contributed by atoms with Crippen molar-refractivity contribution in [1.82, 2.24) is 9.21 Å². The van der Waals surface area contributed by atoms with Gasteiger partial charge >= 0.3 is 0 Å². The number of carbonyl (C=O) groups is 1. The Balaban J connectivity index is 2.00. The van der Waals surface area contributed by atoms with Gasteiger partial charge in [-0.25, -0.2) is 8.42 Å². The Morgan fingerprint density at radius 1 is 1.30 bits per heavy atom. The Morgan fingerprint density at radius 2 is 1.95 bits per heavy atom. The number of sulfonamides is 1. The Bertz CT molecular complexity index is 532. The van der Waals surface area contributed by atoms with Crippen LogP contribution < -0.4 is 0 Å². The number of likely N-dealkylation sites (N-methyl/N-ethyl adjacent to an activating group) is 1. The van der Waals surface area contributed by atoms with Gasteiger partial charge in [0.2, 0.25) is 5.91 Å². The first-order valence-electron chi connectivity index (χ1n) is 6.79. The molecule has 0 aliphatic carbocycles. The number of carbonyl (C=O) groups excluding carboxylic acids is 1. The monoisotopic (exact) mass is 316 g/mol. The molecule has 2 rings (SSSR count). The lowest BCUT2D eigenvalue weighted by molar-refractivity contribution is -0.131. The summed E-state index contributed by atoms with van der Waals surface area (Å²) in [6, 6.07) is 3.26. The van der Waals surface area contributed by atoms with E-state index in [-0.39, 0.29) is 16.7 Å². The second kappa shape index (κ2) is 6.69. The van der Waals surface area contributed by atoms with E-state index in [1.165, 1.54) is 18.4 Å². The van der Waals surface area contributed by atoms with Crippen LogP contribution in [0.2, 0.25) is 0 Å². The molecule has 2 heterocycles. The van der Waals surface area contributed by atoms with Gasteiger partial charge in [-0.1, -0.05) is 18.9 Å². The highest BCUT2D eigenvalue weighted by Gasteiger charge is 2.26. The lowest BCUT2D eigenvalue weighted by atomic mass is 10.2. The maximum atomic E-state index is 12.2. The fraction of sp³-hybridized carbons (Fsp3) is 0.615. The van der Waals surface area contributed by atoms with E-state index in [4.69, 9.17) is 0 Å². The smallest absolute Gasteiger partial charge is 0.252 e. The molecule has 7 heteroatoms. The zero-order chi connectivity index (χ0) is 14.6. The fourth-order valence-corrected chi connectivity index (χ4v) is 4.58. The second-order valence-corrected chi connectivity index (χ2v) is 8.21. The summed E-state index contributed by atoms with van der Waals surface area (Å²) in [6.07, 6.45) is 4.31. The van der Waals surface area contributed by atoms with Crippen LogP contribution in [0.25, 0.3) is 0 Å². The number of nitrogens with zero attached hydrogens (tertiary/aromatic N) is 2. The van der Waals surface area contributed by atoms with Crippen molar-refractivity contribution in [3.63, 3.8) is 0 Å². The average Bonchev–Trinajstić information content (AvgIpc) is 2.82. The molecule has 1 fully saturated rings. The van der Waals surface area contributed by atoms with Crippen LogP contribution in [0, 0.1) is 0 Å². The van der Waals surface area contributed by atoms with Gasteiger partial charge in [-0.05, 0) is 24.3 Å². The van der Waals surface area contributed by atoms with Gasteiger partial charge in [0.05, 0.1) is 6.54 Å². The molecule has 0 spiro atoms. The Kier molecular flexibility index (Phi) is 5.17. The van der Waals surface area contributed by atoms with Crippen molar-refractivity contribution in [2.45, 2.75) is 29.9 Å². The summed E-state index contributed by atoms with van der Waals surface area (Å²) in [5, 5.41) is 1.72. The third-order valence-electron chi connectivity index (χ3n) is 3.48. The predicted octanol–water partition coefficient (Wildman–Crippen LogP) is 1.77. The molecule has 20 heavy (non-hydrogen) atoms. The largest absolute Gasteiger partial charge is 0.342 e. The molecule has 1 aliphatic rings. The van der Waals surface area contributed by atoms with Gasteiger partial charge < -0.3 is 4.90 Å². The van der Waals surface area contributed by atoms with Gasteiger partial charge in [0.1, 0.15) is 4.21 Å². The first-order valence-corrected chi connectivity index (χ1v) is 9.11. The summed E-state index contributed by atoms with van der Waals surface area (Å²) in [7, 11) is -2.07. The van der Waals surface area contributed by atoms with Crippen LogP contribution in [0.4, 0.5) is 0 Å². The number of amides is 1. The number of likely N-dealkylation sites (tertiary alicyclic amines) is 1. The van der Waals surface area contributed by atoms with Crippen molar-refractivity contribution in [3.05, 3.63) is 17.5 Å². The number of rotatable bonds is 4. The summed E-state index contributed by atoms with van der Waals surface area (Å²) in [5.74, 6) is -0.102. The molecule has 0 atom stereocenters. The molecule has 5 nitrogen and oxygen atoms in total. The summed E-state index contributed by atoms with van der Waals surface area (Å²) < 4.78 is 25.9. The van der Waals surface area contributed by atoms with E-state index in [9.17, 15) is 13.2 Å². The quantitative estimate of drug-likeness (QED) is 0.850. The lowest BCUT2D eigenvalue weighted by Gasteiger charge is -2.23. The summed E-state index contributed by atoms with van der Waals surface area (Å²) in [4.78, 5) is 14.0. The highest BCUT2D eigenvalue weighted by atomic mass is 32.2.